The van der Waals surface area contributed by atoms with Crippen molar-refractivity contribution in [2.24, 2.45) is 0 Å². The summed E-state index contributed by atoms with van der Waals surface area (Å²) in [5.41, 5.74) is 12.1. The summed E-state index contributed by atoms with van der Waals surface area (Å²) in [4.78, 5) is 17.2. The van der Waals surface area contributed by atoms with Crippen LogP contribution in [-0.4, -0.2) is 15.0 Å². The highest BCUT2D eigenvalue weighted by Gasteiger charge is 2.50. The summed E-state index contributed by atoms with van der Waals surface area (Å²) >= 11 is 1.85. The Labute approximate surface area is 260 Å². The summed E-state index contributed by atoms with van der Waals surface area (Å²) in [6.45, 7) is 0. The number of hydrogen-bond donors (Lipinski definition) is 0. The fourth-order valence-electron chi connectivity index (χ4n) is 6.98. The molecule has 0 saturated heterocycles. The van der Waals surface area contributed by atoms with Crippen molar-refractivity contribution < 1.29 is 0 Å². The smallest absolute Gasteiger partial charge is 0.160 e. The minimum Gasteiger partial charge on any atom is -0.255 e. The molecule has 1 aliphatic heterocycles. The number of pyridine rings is 1. The molecule has 2 aliphatic rings. The van der Waals surface area contributed by atoms with Crippen LogP contribution in [0.25, 0.3) is 45.2 Å². The molecule has 206 valence electrons. The van der Waals surface area contributed by atoms with Crippen molar-refractivity contribution in [3.63, 3.8) is 0 Å². The molecule has 0 unspecified atom stereocenters. The quantitative estimate of drug-likeness (QED) is 0.209. The van der Waals surface area contributed by atoms with E-state index in [1.54, 1.807) is 0 Å². The Morgan fingerprint density at radius 1 is 0.432 bits per heavy atom. The van der Waals surface area contributed by atoms with E-state index in [9.17, 15) is 0 Å². The van der Waals surface area contributed by atoms with E-state index in [0.29, 0.717) is 5.82 Å². The van der Waals surface area contributed by atoms with Crippen LogP contribution in [0.2, 0.25) is 0 Å². The largest absolute Gasteiger partial charge is 0.255 e. The standard InChI is InChI=1S/C40H25N3S/c1-2-12-26(13-3-1)39-42-35(25-36(43-39)34-19-10-11-23-41-34)27-21-22-33-38(24-27)44-37-20-9-8-18-32(37)40(33)30-16-6-4-14-28(30)29-15-5-7-17-31(29)40/h1-25H. The van der Waals surface area contributed by atoms with Crippen molar-refractivity contribution in [1.29, 1.82) is 0 Å². The van der Waals surface area contributed by atoms with Crippen LogP contribution in [0.3, 0.4) is 0 Å². The predicted octanol–water partition coefficient (Wildman–Crippen LogP) is 9.70. The molecule has 0 bridgehead atoms. The second-order valence-corrected chi connectivity index (χ2v) is 12.3. The summed E-state index contributed by atoms with van der Waals surface area (Å²) < 4.78 is 0. The van der Waals surface area contributed by atoms with Gasteiger partial charge in [0.2, 0.25) is 0 Å². The molecule has 4 heteroatoms. The van der Waals surface area contributed by atoms with E-state index in [-0.39, 0.29) is 5.41 Å². The Morgan fingerprint density at radius 3 is 1.82 bits per heavy atom. The van der Waals surface area contributed by atoms with E-state index in [1.165, 1.54) is 43.2 Å². The molecule has 0 radical (unpaired) electrons. The third-order valence-electron chi connectivity index (χ3n) is 8.83. The average Bonchev–Trinajstić information content (AvgIpc) is 3.39. The number of benzene rings is 5. The number of rotatable bonds is 3. The van der Waals surface area contributed by atoms with Gasteiger partial charge in [0.05, 0.1) is 22.5 Å². The third-order valence-corrected chi connectivity index (χ3v) is 9.96. The first kappa shape index (κ1) is 25.2. The lowest BCUT2D eigenvalue weighted by molar-refractivity contribution is 0.722. The Kier molecular flexibility index (Phi) is 5.65. The van der Waals surface area contributed by atoms with Crippen molar-refractivity contribution in [1.82, 2.24) is 15.0 Å². The zero-order valence-electron chi connectivity index (χ0n) is 23.7. The molecular weight excluding hydrogens is 555 g/mol. The van der Waals surface area contributed by atoms with Gasteiger partial charge in [0.1, 0.15) is 0 Å². The van der Waals surface area contributed by atoms with Crippen LogP contribution in [0.4, 0.5) is 0 Å². The van der Waals surface area contributed by atoms with Gasteiger partial charge >= 0.3 is 0 Å². The Bertz CT molecular complexity index is 2110. The van der Waals surface area contributed by atoms with E-state index in [2.05, 4.69) is 114 Å². The molecule has 0 saturated carbocycles. The SMILES string of the molecule is c1ccc(-c2nc(-c3ccc4c(c3)Sc3ccccc3C43c4ccccc4-c4ccccc43)cc(-c3ccccn3)n2)cc1. The first-order valence-electron chi connectivity index (χ1n) is 14.8. The molecule has 44 heavy (non-hydrogen) atoms. The van der Waals surface area contributed by atoms with Crippen LogP contribution in [0.15, 0.2) is 162 Å². The third kappa shape index (κ3) is 3.68. The van der Waals surface area contributed by atoms with Gasteiger partial charge in [-0.05, 0) is 63.7 Å². The van der Waals surface area contributed by atoms with Crippen LogP contribution in [0, 0.1) is 0 Å². The Balaban J connectivity index is 1.28. The number of hydrogen-bond acceptors (Lipinski definition) is 4. The zero-order valence-corrected chi connectivity index (χ0v) is 24.5. The van der Waals surface area contributed by atoms with E-state index in [0.717, 1.165) is 28.2 Å². The van der Waals surface area contributed by atoms with Crippen LogP contribution < -0.4 is 0 Å². The molecule has 9 rings (SSSR count). The molecular formula is C40H25N3S. The minimum atomic E-state index is -0.386. The predicted molar refractivity (Wildman–Crippen MR) is 178 cm³/mol. The van der Waals surface area contributed by atoms with Gasteiger partial charge in [-0.15, -0.1) is 0 Å². The molecule has 0 atom stereocenters. The number of nitrogens with zero attached hydrogens (tertiary/aromatic N) is 3. The molecule has 5 aromatic carbocycles. The molecule has 2 aromatic heterocycles. The fourth-order valence-corrected chi connectivity index (χ4v) is 8.21. The summed E-state index contributed by atoms with van der Waals surface area (Å²) in [6, 6.07) is 51.8. The molecule has 0 N–H and O–H groups in total. The number of aromatic nitrogens is 3. The minimum absolute atomic E-state index is 0.386. The van der Waals surface area contributed by atoms with Gasteiger partial charge < -0.3 is 0 Å². The van der Waals surface area contributed by atoms with E-state index < -0.39 is 0 Å². The van der Waals surface area contributed by atoms with Crippen molar-refractivity contribution in [3.05, 3.63) is 174 Å². The highest BCUT2D eigenvalue weighted by molar-refractivity contribution is 7.99. The van der Waals surface area contributed by atoms with Crippen molar-refractivity contribution in [2.75, 3.05) is 0 Å². The van der Waals surface area contributed by atoms with Gasteiger partial charge in [0.25, 0.3) is 0 Å². The second-order valence-electron chi connectivity index (χ2n) is 11.2. The Hall–Kier alpha value is -5.32. The van der Waals surface area contributed by atoms with Crippen molar-refractivity contribution in [2.45, 2.75) is 15.2 Å². The number of fused-ring (bicyclic) bond motifs is 9. The van der Waals surface area contributed by atoms with Gasteiger partial charge in [0.15, 0.2) is 5.82 Å². The highest BCUT2D eigenvalue weighted by atomic mass is 32.2. The average molecular weight is 580 g/mol. The summed E-state index contributed by atoms with van der Waals surface area (Å²) in [6.07, 6.45) is 1.81. The first-order valence-corrected chi connectivity index (χ1v) is 15.6. The summed E-state index contributed by atoms with van der Waals surface area (Å²) in [5, 5.41) is 0. The second kappa shape index (κ2) is 9.87. The maximum Gasteiger partial charge on any atom is 0.160 e. The normalized spacial score (nSPS) is 13.5. The maximum atomic E-state index is 5.11. The monoisotopic (exact) mass is 579 g/mol. The van der Waals surface area contributed by atoms with Gasteiger partial charge in [-0.2, -0.15) is 0 Å². The van der Waals surface area contributed by atoms with Gasteiger partial charge in [-0.1, -0.05) is 127 Å². The summed E-state index contributed by atoms with van der Waals surface area (Å²) in [5.74, 6) is 0.689. The van der Waals surface area contributed by atoms with Crippen molar-refractivity contribution >= 4 is 11.8 Å². The zero-order chi connectivity index (χ0) is 29.1. The van der Waals surface area contributed by atoms with Crippen LogP contribution >= 0.6 is 11.8 Å². The molecule has 7 aromatic rings. The topological polar surface area (TPSA) is 38.7 Å². The summed E-state index contributed by atoms with van der Waals surface area (Å²) in [7, 11) is 0. The molecule has 0 amide bonds. The van der Waals surface area contributed by atoms with Crippen LogP contribution in [0.5, 0.6) is 0 Å². The van der Waals surface area contributed by atoms with Gasteiger partial charge in [-0.3, -0.25) is 4.98 Å². The van der Waals surface area contributed by atoms with E-state index >= 15 is 0 Å². The molecule has 3 heterocycles. The fraction of sp³-hybridized carbons (Fsp3) is 0.0250. The first-order chi connectivity index (χ1) is 21.8. The van der Waals surface area contributed by atoms with Gasteiger partial charge in [0, 0.05) is 27.1 Å². The molecule has 1 spiro atoms. The molecule has 3 nitrogen and oxygen atoms in total. The lowest BCUT2D eigenvalue weighted by Gasteiger charge is -2.39. The van der Waals surface area contributed by atoms with Crippen LogP contribution in [-0.2, 0) is 5.41 Å². The lowest BCUT2D eigenvalue weighted by Crippen LogP contribution is -2.31. The van der Waals surface area contributed by atoms with Crippen LogP contribution in [0.1, 0.15) is 22.3 Å². The van der Waals surface area contributed by atoms with Gasteiger partial charge in [-0.25, -0.2) is 9.97 Å². The highest BCUT2D eigenvalue weighted by Crippen LogP contribution is 2.62. The lowest BCUT2D eigenvalue weighted by atomic mass is 9.67. The van der Waals surface area contributed by atoms with E-state index in [1.807, 2.05) is 54.4 Å². The van der Waals surface area contributed by atoms with Crippen molar-refractivity contribution in [3.8, 4) is 45.2 Å². The molecule has 1 aliphatic carbocycles. The maximum absolute atomic E-state index is 5.11. The molecule has 0 fully saturated rings. The Morgan fingerprint density at radius 2 is 1.07 bits per heavy atom. The van der Waals surface area contributed by atoms with E-state index in [4.69, 9.17) is 9.97 Å².